The van der Waals surface area contributed by atoms with Crippen molar-refractivity contribution in [1.29, 1.82) is 0 Å². The topological polar surface area (TPSA) is 263 Å². The van der Waals surface area contributed by atoms with E-state index in [1.165, 1.54) is 13.8 Å². The quantitative estimate of drug-likeness (QED) is 0.00875. The minimum absolute atomic E-state index is 0.0550. The molecule has 0 spiro atoms. The Bertz CT molecular complexity index is 3310. The Morgan fingerprint density at radius 2 is 0.510 bits per heavy atom. The van der Waals surface area contributed by atoms with E-state index in [1.54, 1.807) is 62.4 Å². The van der Waals surface area contributed by atoms with Crippen LogP contribution in [0.1, 0.15) is 283 Å². The molecule has 5 rings (SSSR count). The van der Waals surface area contributed by atoms with Crippen LogP contribution < -0.4 is 18.9 Å². The lowest BCUT2D eigenvalue weighted by Gasteiger charge is -2.25. The minimum Gasteiger partial charge on any atom is -0.489 e. The summed E-state index contributed by atoms with van der Waals surface area (Å²) in [5.74, 6) is -4.19. The molecule has 0 saturated carbocycles. The lowest BCUT2D eigenvalue weighted by atomic mass is 9.86. The standard InChI is InChI=1S/C82H108O20/c1-11-17-21-25-29-69(83)57-41-61-49-62-42-58(70(84)30-26-22-18-12-2)44-64(78(62)98-36-34-96-76(90)54-74(88)94-16-6)51-66-46-60(72(86)32-28-24-20-14-4)48-68(80(66)100-38-40-102-82(92)56(9)10)52-67-47-59(71(85)31-27-23-19-13-3)45-65(79(67)99-37-39-101-81(91)55(7)8)50-63(43-57)77(61)97-35-33-95-75(89)53-73(87)93-15-5/h41-48H,7,9,11-40,49-54H2,1-6,8,10H3. The molecule has 4 aromatic carbocycles. The zero-order valence-corrected chi connectivity index (χ0v) is 61.7. The van der Waals surface area contributed by atoms with Crippen LogP contribution in [0.2, 0.25) is 0 Å². The van der Waals surface area contributed by atoms with Gasteiger partial charge in [-0.2, -0.15) is 0 Å². The molecule has 0 atom stereocenters. The molecule has 8 bridgehead atoms. The molecule has 0 unspecified atom stereocenters. The number of carbonyl (C=O) groups excluding carboxylic acids is 10. The maximum absolute atomic E-state index is 15.0. The van der Waals surface area contributed by atoms with Crippen LogP contribution in [0.25, 0.3) is 0 Å². The van der Waals surface area contributed by atoms with Crippen molar-refractivity contribution in [2.45, 2.75) is 222 Å². The fourth-order valence-electron chi connectivity index (χ4n) is 11.9. The van der Waals surface area contributed by atoms with E-state index in [4.69, 9.17) is 47.4 Å². The molecule has 0 aliphatic heterocycles. The van der Waals surface area contributed by atoms with Crippen molar-refractivity contribution in [3.63, 3.8) is 0 Å². The van der Waals surface area contributed by atoms with Gasteiger partial charge in [0.1, 0.15) is 88.7 Å². The molecule has 4 aromatic rings. The summed E-state index contributed by atoms with van der Waals surface area (Å²) in [5.41, 5.74) is 5.16. The molecule has 0 N–H and O–H groups in total. The Morgan fingerprint density at radius 1 is 0.294 bits per heavy atom. The van der Waals surface area contributed by atoms with Crippen LogP contribution in [0.15, 0.2) is 72.8 Å². The maximum Gasteiger partial charge on any atom is 0.333 e. The van der Waals surface area contributed by atoms with Gasteiger partial charge in [-0.05, 0) is 146 Å². The zero-order valence-electron chi connectivity index (χ0n) is 61.7. The lowest BCUT2D eigenvalue weighted by molar-refractivity contribution is -0.156. The second kappa shape index (κ2) is 45.8. The number of hydrogen-bond donors (Lipinski definition) is 0. The van der Waals surface area contributed by atoms with E-state index < -0.39 is 48.7 Å². The summed E-state index contributed by atoms with van der Waals surface area (Å²) in [6.07, 6.45) is 12.2. The van der Waals surface area contributed by atoms with Gasteiger partial charge in [0.25, 0.3) is 0 Å². The molecule has 0 saturated heterocycles. The Kier molecular flexibility index (Phi) is 37.6. The van der Waals surface area contributed by atoms with Crippen molar-refractivity contribution in [1.82, 2.24) is 0 Å². The molecular formula is C82H108O20. The molecular weight excluding hydrogens is 1300 g/mol. The van der Waals surface area contributed by atoms with E-state index in [9.17, 15) is 47.9 Å². The highest BCUT2D eigenvalue weighted by atomic mass is 16.6. The van der Waals surface area contributed by atoms with Crippen molar-refractivity contribution in [2.24, 2.45) is 0 Å². The van der Waals surface area contributed by atoms with E-state index in [0.717, 1.165) is 77.0 Å². The first-order valence-electron chi connectivity index (χ1n) is 36.7. The summed E-state index contributed by atoms with van der Waals surface area (Å²) in [6, 6.07) is 14.0. The second-order valence-electron chi connectivity index (χ2n) is 25.8. The summed E-state index contributed by atoms with van der Waals surface area (Å²) < 4.78 is 59.7. The van der Waals surface area contributed by atoms with Crippen molar-refractivity contribution in [2.75, 3.05) is 66.1 Å². The SMILES string of the molecule is C=C(C)C(=O)OCCOc1c2cc(C(=O)CCCCCC)cc1Cc1cc(C(=O)CCCCCC)cc(c1OCCOC(=O)C(=C)C)Cc1cc(C(=O)CCCCCC)cc(c1OCCOC(=O)CC(=O)OCC)Cc1cc(C(=O)CCCCCC)cc(c1OCCOC(=O)CC(=O)OCC)C2. The Labute approximate surface area is 602 Å². The van der Waals surface area contributed by atoms with E-state index in [-0.39, 0.29) is 175 Å². The fourth-order valence-corrected chi connectivity index (χ4v) is 11.9. The van der Waals surface area contributed by atoms with Crippen LogP contribution in [-0.4, -0.2) is 125 Å². The normalized spacial score (nSPS) is 11.5. The van der Waals surface area contributed by atoms with Gasteiger partial charge in [-0.1, -0.05) is 118 Å². The average Bonchev–Trinajstić information content (AvgIpc) is 0.771. The maximum atomic E-state index is 15.0. The number of ketones is 4. The largest absolute Gasteiger partial charge is 0.489 e. The Morgan fingerprint density at radius 3 is 0.716 bits per heavy atom. The lowest BCUT2D eigenvalue weighted by Crippen LogP contribution is -2.19. The molecule has 556 valence electrons. The third-order valence-electron chi connectivity index (χ3n) is 17.0. The first-order valence-corrected chi connectivity index (χ1v) is 36.7. The van der Waals surface area contributed by atoms with E-state index in [0.29, 0.717) is 92.4 Å². The van der Waals surface area contributed by atoms with Crippen molar-refractivity contribution in [3.8, 4) is 23.0 Å². The van der Waals surface area contributed by atoms with E-state index in [2.05, 4.69) is 40.9 Å². The molecule has 0 heterocycles. The van der Waals surface area contributed by atoms with Gasteiger partial charge in [0.05, 0.1) is 13.2 Å². The molecule has 1 aliphatic rings. The second-order valence-corrected chi connectivity index (χ2v) is 25.8. The van der Waals surface area contributed by atoms with Crippen LogP contribution in [0.5, 0.6) is 23.0 Å². The number of carbonyl (C=O) groups is 10. The van der Waals surface area contributed by atoms with Gasteiger partial charge in [-0.15, -0.1) is 0 Å². The number of unbranched alkanes of at least 4 members (excludes halogenated alkanes) is 12. The first-order chi connectivity index (χ1) is 49.1. The predicted molar refractivity (Wildman–Crippen MR) is 387 cm³/mol. The molecule has 0 amide bonds. The highest BCUT2D eigenvalue weighted by Crippen LogP contribution is 2.42. The van der Waals surface area contributed by atoms with Crippen LogP contribution in [0, 0.1) is 0 Å². The van der Waals surface area contributed by atoms with Gasteiger partial charge in [-0.25, -0.2) is 9.59 Å². The molecule has 0 radical (unpaired) electrons. The average molecular weight is 1410 g/mol. The van der Waals surface area contributed by atoms with Crippen molar-refractivity contribution < 1.29 is 95.3 Å². The minimum atomic E-state index is -0.854. The number of benzene rings is 4. The Balaban J connectivity index is 2.02. The number of Topliss-reactive ketones (excluding diaryl/α,β-unsaturated/α-hetero) is 4. The van der Waals surface area contributed by atoms with Gasteiger partial charge in [0, 0.05) is 84.8 Å². The zero-order chi connectivity index (χ0) is 74.3. The molecule has 0 aromatic heterocycles. The number of esters is 6. The number of ether oxygens (including phenoxy) is 10. The summed E-state index contributed by atoms with van der Waals surface area (Å²) in [7, 11) is 0. The molecule has 20 nitrogen and oxygen atoms in total. The van der Waals surface area contributed by atoms with Gasteiger partial charge >= 0.3 is 35.8 Å². The fraction of sp³-hybridized carbons (Fsp3) is 0.537. The number of rotatable bonds is 48. The smallest absolute Gasteiger partial charge is 0.333 e. The summed E-state index contributed by atoms with van der Waals surface area (Å²) in [5, 5.41) is 0. The Hall–Kier alpha value is -8.94. The van der Waals surface area contributed by atoms with Gasteiger partial charge in [0.2, 0.25) is 0 Å². The van der Waals surface area contributed by atoms with E-state index >= 15 is 0 Å². The monoisotopic (exact) mass is 1410 g/mol. The van der Waals surface area contributed by atoms with Crippen LogP contribution in [0.4, 0.5) is 0 Å². The molecule has 20 heteroatoms. The summed E-state index contributed by atoms with van der Waals surface area (Å²) in [4.78, 5) is 137. The molecule has 1 aliphatic carbocycles. The van der Waals surface area contributed by atoms with Crippen LogP contribution in [0.3, 0.4) is 0 Å². The highest BCUT2D eigenvalue weighted by molar-refractivity contribution is 5.99. The summed E-state index contributed by atoms with van der Waals surface area (Å²) >= 11 is 0. The number of fused-ring (bicyclic) bond motifs is 8. The van der Waals surface area contributed by atoms with Crippen LogP contribution >= 0.6 is 0 Å². The van der Waals surface area contributed by atoms with Gasteiger partial charge in [-0.3, -0.25) is 38.4 Å². The third-order valence-corrected chi connectivity index (χ3v) is 17.0. The van der Waals surface area contributed by atoms with E-state index in [1.807, 2.05) is 0 Å². The number of hydrogen-bond acceptors (Lipinski definition) is 20. The molecule has 0 fully saturated rings. The predicted octanol–water partition coefficient (Wildman–Crippen LogP) is 15.7. The summed E-state index contributed by atoms with van der Waals surface area (Å²) in [6.45, 7) is 20.2. The highest BCUT2D eigenvalue weighted by Gasteiger charge is 2.29. The first kappa shape index (κ1) is 83.7. The molecule has 102 heavy (non-hydrogen) atoms. The van der Waals surface area contributed by atoms with Crippen molar-refractivity contribution >= 4 is 58.9 Å². The van der Waals surface area contributed by atoms with Crippen LogP contribution in [-0.2, 0) is 82.9 Å². The van der Waals surface area contributed by atoms with Crippen molar-refractivity contribution in [3.05, 3.63) is 140 Å². The van der Waals surface area contributed by atoms with Gasteiger partial charge in [0.15, 0.2) is 23.1 Å². The third kappa shape index (κ3) is 28.5. The van der Waals surface area contributed by atoms with Gasteiger partial charge < -0.3 is 47.4 Å².